The molecule has 2 atom stereocenters. The lowest BCUT2D eigenvalue weighted by Crippen LogP contribution is -2.45. The minimum absolute atomic E-state index is 0.0892. The predicted molar refractivity (Wildman–Crippen MR) is 76.3 cm³/mol. The molecule has 0 saturated carbocycles. The standard InChI is InChI=1S/C16H21NO3/c1-3-11-5-7-12(8-6-11)13-9-10-17-15(18)14(13)16(19)20-4-2/h5-8,13-14H,3-4,9-10H2,1-2H3,(H,17,18). The second-order valence-corrected chi connectivity index (χ2v) is 5.01. The molecule has 4 nitrogen and oxygen atoms in total. The van der Waals surface area contributed by atoms with Crippen LogP contribution in [0.4, 0.5) is 0 Å². The number of hydrogen-bond acceptors (Lipinski definition) is 3. The van der Waals surface area contributed by atoms with E-state index in [-0.39, 0.29) is 11.8 Å². The Morgan fingerprint density at radius 2 is 2.00 bits per heavy atom. The molecule has 0 bridgehead atoms. The molecule has 1 saturated heterocycles. The third kappa shape index (κ3) is 3.00. The fourth-order valence-electron chi connectivity index (χ4n) is 2.67. The van der Waals surface area contributed by atoms with E-state index in [1.54, 1.807) is 6.92 Å². The van der Waals surface area contributed by atoms with Crippen LogP contribution in [0.5, 0.6) is 0 Å². The van der Waals surface area contributed by atoms with Crippen LogP contribution in [-0.4, -0.2) is 25.0 Å². The first-order valence-electron chi connectivity index (χ1n) is 7.20. The molecule has 2 unspecified atom stereocenters. The lowest BCUT2D eigenvalue weighted by Gasteiger charge is -2.29. The molecule has 0 radical (unpaired) electrons. The van der Waals surface area contributed by atoms with Crippen LogP contribution in [0, 0.1) is 5.92 Å². The van der Waals surface area contributed by atoms with Crippen LogP contribution >= 0.6 is 0 Å². The van der Waals surface area contributed by atoms with E-state index in [0.717, 1.165) is 18.4 Å². The third-order valence-electron chi connectivity index (χ3n) is 3.80. The van der Waals surface area contributed by atoms with Gasteiger partial charge in [0, 0.05) is 12.5 Å². The molecule has 0 aliphatic carbocycles. The van der Waals surface area contributed by atoms with E-state index in [1.165, 1.54) is 5.56 Å². The highest BCUT2D eigenvalue weighted by Gasteiger charge is 2.39. The fourth-order valence-corrected chi connectivity index (χ4v) is 2.67. The zero-order chi connectivity index (χ0) is 14.5. The van der Waals surface area contributed by atoms with Gasteiger partial charge in [-0.15, -0.1) is 0 Å². The minimum Gasteiger partial charge on any atom is -0.465 e. The van der Waals surface area contributed by atoms with Gasteiger partial charge in [0.05, 0.1) is 6.61 Å². The highest BCUT2D eigenvalue weighted by Crippen LogP contribution is 2.32. The number of ether oxygens (including phenoxy) is 1. The van der Waals surface area contributed by atoms with Gasteiger partial charge < -0.3 is 10.1 Å². The number of benzene rings is 1. The smallest absolute Gasteiger partial charge is 0.319 e. The third-order valence-corrected chi connectivity index (χ3v) is 3.80. The van der Waals surface area contributed by atoms with Crippen molar-refractivity contribution in [3.8, 4) is 0 Å². The fraction of sp³-hybridized carbons (Fsp3) is 0.500. The van der Waals surface area contributed by atoms with Crippen LogP contribution in [0.25, 0.3) is 0 Å². The van der Waals surface area contributed by atoms with Crippen molar-refractivity contribution in [2.45, 2.75) is 32.6 Å². The molecular formula is C16H21NO3. The Hall–Kier alpha value is -1.84. The monoisotopic (exact) mass is 275 g/mol. The first-order valence-corrected chi connectivity index (χ1v) is 7.20. The molecule has 1 fully saturated rings. The number of esters is 1. The van der Waals surface area contributed by atoms with Gasteiger partial charge in [0.25, 0.3) is 0 Å². The second-order valence-electron chi connectivity index (χ2n) is 5.01. The van der Waals surface area contributed by atoms with Gasteiger partial charge in [-0.05, 0) is 30.9 Å². The van der Waals surface area contributed by atoms with Crippen LogP contribution < -0.4 is 5.32 Å². The number of carbonyl (C=O) groups is 2. The van der Waals surface area contributed by atoms with Gasteiger partial charge in [-0.25, -0.2) is 0 Å². The number of nitrogens with one attached hydrogen (secondary N) is 1. The number of carbonyl (C=O) groups excluding carboxylic acids is 2. The van der Waals surface area contributed by atoms with E-state index in [0.29, 0.717) is 13.2 Å². The van der Waals surface area contributed by atoms with Crippen LogP contribution in [-0.2, 0) is 20.7 Å². The van der Waals surface area contributed by atoms with Crippen LogP contribution in [0.15, 0.2) is 24.3 Å². The summed E-state index contributed by atoms with van der Waals surface area (Å²) in [7, 11) is 0. The van der Waals surface area contributed by atoms with Gasteiger partial charge in [-0.3, -0.25) is 9.59 Å². The normalized spacial score (nSPS) is 22.2. The SMILES string of the molecule is CCOC(=O)C1C(=O)NCCC1c1ccc(CC)cc1. The Bertz CT molecular complexity index is 481. The summed E-state index contributed by atoms with van der Waals surface area (Å²) >= 11 is 0. The van der Waals surface area contributed by atoms with Gasteiger partial charge in [0.2, 0.25) is 5.91 Å². The number of aryl methyl sites for hydroxylation is 1. The van der Waals surface area contributed by atoms with Crippen molar-refractivity contribution in [3.63, 3.8) is 0 Å². The van der Waals surface area contributed by atoms with Gasteiger partial charge in [0.1, 0.15) is 5.92 Å². The van der Waals surface area contributed by atoms with Crippen molar-refractivity contribution in [1.82, 2.24) is 5.32 Å². The average Bonchev–Trinajstić information content (AvgIpc) is 2.47. The molecular weight excluding hydrogens is 254 g/mol. The van der Waals surface area contributed by atoms with Gasteiger partial charge in [-0.2, -0.15) is 0 Å². The zero-order valence-electron chi connectivity index (χ0n) is 12.0. The van der Waals surface area contributed by atoms with E-state index in [1.807, 2.05) is 12.1 Å². The van der Waals surface area contributed by atoms with E-state index in [2.05, 4.69) is 24.4 Å². The maximum absolute atomic E-state index is 12.0. The van der Waals surface area contributed by atoms with Crippen molar-refractivity contribution < 1.29 is 14.3 Å². The highest BCUT2D eigenvalue weighted by molar-refractivity contribution is 5.99. The average molecular weight is 275 g/mol. The van der Waals surface area contributed by atoms with Crippen molar-refractivity contribution in [3.05, 3.63) is 35.4 Å². The Morgan fingerprint density at radius 3 is 2.60 bits per heavy atom. The largest absolute Gasteiger partial charge is 0.465 e. The Balaban J connectivity index is 2.25. The molecule has 1 N–H and O–H groups in total. The number of hydrogen-bond donors (Lipinski definition) is 1. The molecule has 108 valence electrons. The highest BCUT2D eigenvalue weighted by atomic mass is 16.5. The van der Waals surface area contributed by atoms with Crippen molar-refractivity contribution in [1.29, 1.82) is 0 Å². The summed E-state index contributed by atoms with van der Waals surface area (Å²) < 4.78 is 5.05. The molecule has 4 heteroatoms. The first kappa shape index (κ1) is 14.6. The summed E-state index contributed by atoms with van der Waals surface area (Å²) in [5, 5.41) is 2.75. The van der Waals surface area contributed by atoms with Crippen LogP contribution in [0.2, 0.25) is 0 Å². The van der Waals surface area contributed by atoms with Crippen LogP contribution in [0.1, 0.15) is 37.3 Å². The molecule has 2 rings (SSSR count). The van der Waals surface area contributed by atoms with E-state index in [9.17, 15) is 9.59 Å². The molecule has 1 amide bonds. The predicted octanol–water partition coefficient (Wildman–Crippen LogP) is 2.03. The van der Waals surface area contributed by atoms with E-state index in [4.69, 9.17) is 4.74 Å². The molecule has 0 spiro atoms. The zero-order valence-corrected chi connectivity index (χ0v) is 12.0. The summed E-state index contributed by atoms with van der Waals surface area (Å²) in [4.78, 5) is 24.0. The quantitative estimate of drug-likeness (QED) is 0.675. The topological polar surface area (TPSA) is 55.4 Å². The molecule has 1 heterocycles. The van der Waals surface area contributed by atoms with E-state index >= 15 is 0 Å². The molecule has 1 aromatic rings. The summed E-state index contributed by atoms with van der Waals surface area (Å²) in [6, 6.07) is 8.16. The molecule has 1 aromatic carbocycles. The summed E-state index contributed by atoms with van der Waals surface area (Å²) in [6.45, 7) is 4.76. The molecule has 1 aliphatic heterocycles. The van der Waals surface area contributed by atoms with E-state index < -0.39 is 11.9 Å². The van der Waals surface area contributed by atoms with Crippen LogP contribution in [0.3, 0.4) is 0 Å². The maximum atomic E-state index is 12.0. The summed E-state index contributed by atoms with van der Waals surface area (Å²) in [6.07, 6.45) is 1.74. The lowest BCUT2D eigenvalue weighted by atomic mass is 9.80. The minimum atomic E-state index is -0.726. The number of rotatable bonds is 4. The second kappa shape index (κ2) is 6.55. The Labute approximate surface area is 119 Å². The summed E-state index contributed by atoms with van der Waals surface area (Å²) in [5.41, 5.74) is 2.29. The first-order chi connectivity index (χ1) is 9.67. The van der Waals surface area contributed by atoms with Crippen molar-refractivity contribution in [2.24, 2.45) is 5.92 Å². The van der Waals surface area contributed by atoms with Crippen molar-refractivity contribution >= 4 is 11.9 Å². The lowest BCUT2D eigenvalue weighted by molar-refractivity contribution is -0.154. The number of piperidine rings is 1. The molecule has 0 aromatic heterocycles. The maximum Gasteiger partial charge on any atom is 0.319 e. The summed E-state index contributed by atoms with van der Waals surface area (Å²) in [5.74, 6) is -1.46. The Morgan fingerprint density at radius 1 is 1.30 bits per heavy atom. The Kier molecular flexibility index (Phi) is 4.77. The van der Waals surface area contributed by atoms with Gasteiger partial charge >= 0.3 is 5.97 Å². The number of amides is 1. The molecule has 1 aliphatic rings. The molecule has 20 heavy (non-hydrogen) atoms. The van der Waals surface area contributed by atoms with Crippen molar-refractivity contribution in [2.75, 3.05) is 13.2 Å². The van der Waals surface area contributed by atoms with Gasteiger partial charge in [0.15, 0.2) is 0 Å². The van der Waals surface area contributed by atoms with Gasteiger partial charge in [-0.1, -0.05) is 31.2 Å².